The Balaban J connectivity index is 1.75. The number of alkyl halides is 1. The van der Waals surface area contributed by atoms with E-state index in [0.29, 0.717) is 12.5 Å². The minimum atomic E-state index is -0.480. The number of rotatable bonds is 6. The van der Waals surface area contributed by atoms with E-state index in [9.17, 15) is 4.79 Å². The van der Waals surface area contributed by atoms with Crippen LogP contribution in [0.5, 0.6) is 0 Å². The van der Waals surface area contributed by atoms with E-state index in [1.54, 1.807) is 12.4 Å². The molecule has 166 valence electrons. The summed E-state index contributed by atoms with van der Waals surface area (Å²) in [5.41, 5.74) is -0.00270. The van der Waals surface area contributed by atoms with E-state index in [2.05, 4.69) is 28.7 Å². The summed E-state index contributed by atoms with van der Waals surface area (Å²) in [6.07, 6.45) is 6.67. The van der Waals surface area contributed by atoms with Gasteiger partial charge in [0.25, 0.3) is 0 Å². The van der Waals surface area contributed by atoms with Crippen molar-refractivity contribution < 1.29 is 14.1 Å². The summed E-state index contributed by atoms with van der Waals surface area (Å²) in [6, 6.07) is 0.321. The van der Waals surface area contributed by atoms with Crippen molar-refractivity contribution in [2.24, 2.45) is 0 Å². The molecule has 1 aromatic rings. The standard InChI is InChI=1S/C21H34BClN4O3/c1-15(2)27(14-17-9-7-8-10-26(17)18(28)11-23)19-24-12-16(13-25-19)22-29-20(3,4)21(5,6)30-22/h12-13,15,17H,7-11,14H2,1-6H3/t17-/m0/s1. The second-order valence-electron chi connectivity index (χ2n) is 9.52. The number of nitrogens with zero attached hydrogens (tertiary/aromatic N) is 4. The third-order valence-corrected chi connectivity index (χ3v) is 6.76. The van der Waals surface area contributed by atoms with Gasteiger partial charge in [0.15, 0.2) is 0 Å². The van der Waals surface area contributed by atoms with Gasteiger partial charge in [0.1, 0.15) is 5.88 Å². The van der Waals surface area contributed by atoms with Crippen molar-refractivity contribution >= 4 is 36.0 Å². The molecular weight excluding hydrogens is 403 g/mol. The zero-order chi connectivity index (χ0) is 22.1. The Bertz CT molecular complexity index is 728. The van der Waals surface area contributed by atoms with Crippen LogP contribution in [-0.2, 0) is 14.1 Å². The van der Waals surface area contributed by atoms with E-state index < -0.39 is 18.3 Å². The van der Waals surface area contributed by atoms with E-state index in [0.717, 1.165) is 31.3 Å². The molecule has 0 N–H and O–H groups in total. The Hall–Kier alpha value is -1.38. The molecule has 2 aliphatic rings. The summed E-state index contributed by atoms with van der Waals surface area (Å²) in [5.74, 6) is 0.675. The Kier molecular flexibility index (Phi) is 6.99. The number of likely N-dealkylation sites (tertiary alicyclic amines) is 1. The van der Waals surface area contributed by atoms with Gasteiger partial charge in [-0.15, -0.1) is 11.6 Å². The highest BCUT2D eigenvalue weighted by molar-refractivity contribution is 6.61. The van der Waals surface area contributed by atoms with E-state index in [4.69, 9.17) is 20.9 Å². The highest BCUT2D eigenvalue weighted by atomic mass is 35.5. The molecule has 9 heteroatoms. The topological polar surface area (TPSA) is 67.8 Å². The first kappa shape index (κ1) is 23.3. The first-order chi connectivity index (χ1) is 14.1. The number of hydrogen-bond acceptors (Lipinski definition) is 6. The summed E-state index contributed by atoms with van der Waals surface area (Å²) < 4.78 is 12.2. The normalized spacial score (nSPS) is 23.1. The molecule has 1 aromatic heterocycles. The molecule has 0 saturated carbocycles. The molecule has 0 spiro atoms. The van der Waals surface area contributed by atoms with Gasteiger partial charge < -0.3 is 19.1 Å². The molecule has 2 fully saturated rings. The third-order valence-electron chi connectivity index (χ3n) is 6.53. The van der Waals surface area contributed by atoms with Gasteiger partial charge in [0.2, 0.25) is 11.9 Å². The third kappa shape index (κ3) is 4.76. The number of anilines is 1. The predicted octanol–water partition coefficient (Wildman–Crippen LogP) is 2.61. The molecule has 30 heavy (non-hydrogen) atoms. The molecule has 0 aromatic carbocycles. The van der Waals surface area contributed by atoms with E-state index >= 15 is 0 Å². The first-order valence-electron chi connectivity index (χ1n) is 10.9. The average molecular weight is 437 g/mol. The second kappa shape index (κ2) is 9.01. The van der Waals surface area contributed by atoms with Crippen molar-refractivity contribution in [3.8, 4) is 0 Å². The fourth-order valence-electron chi connectivity index (χ4n) is 3.93. The minimum absolute atomic E-state index is 0.00194. The van der Waals surface area contributed by atoms with Crippen LogP contribution >= 0.6 is 11.6 Å². The highest BCUT2D eigenvalue weighted by Crippen LogP contribution is 2.36. The lowest BCUT2D eigenvalue weighted by molar-refractivity contribution is -0.131. The number of halogens is 1. The first-order valence-corrected chi connectivity index (χ1v) is 11.4. The molecular formula is C21H34BClN4O3. The molecule has 1 amide bonds. The van der Waals surface area contributed by atoms with Gasteiger partial charge in [0, 0.05) is 43.0 Å². The monoisotopic (exact) mass is 436 g/mol. The van der Waals surface area contributed by atoms with Crippen LogP contribution in [0.3, 0.4) is 0 Å². The van der Waals surface area contributed by atoms with Crippen LogP contribution in [0, 0.1) is 0 Å². The summed E-state index contributed by atoms with van der Waals surface area (Å²) in [6.45, 7) is 13.8. The van der Waals surface area contributed by atoms with Gasteiger partial charge in [-0.05, 0) is 60.8 Å². The number of carbonyl (C=O) groups excluding carboxylic acids is 1. The maximum absolute atomic E-state index is 12.3. The Morgan fingerprint density at radius 2 is 1.83 bits per heavy atom. The number of hydrogen-bond donors (Lipinski definition) is 0. The number of aromatic nitrogens is 2. The van der Waals surface area contributed by atoms with E-state index in [1.807, 2.05) is 32.6 Å². The number of carbonyl (C=O) groups is 1. The lowest BCUT2D eigenvalue weighted by Crippen LogP contribution is -2.51. The van der Waals surface area contributed by atoms with Gasteiger partial charge in [-0.1, -0.05) is 0 Å². The smallest absolute Gasteiger partial charge is 0.399 e. The molecule has 2 saturated heterocycles. The molecule has 2 aliphatic heterocycles. The highest BCUT2D eigenvalue weighted by Gasteiger charge is 2.52. The van der Waals surface area contributed by atoms with Crippen molar-refractivity contribution in [1.29, 1.82) is 0 Å². The molecule has 3 rings (SSSR count). The molecule has 0 unspecified atom stereocenters. The lowest BCUT2D eigenvalue weighted by Gasteiger charge is -2.39. The Morgan fingerprint density at radius 1 is 1.23 bits per heavy atom. The zero-order valence-corrected chi connectivity index (χ0v) is 19.8. The molecule has 0 radical (unpaired) electrons. The second-order valence-corrected chi connectivity index (χ2v) is 9.79. The van der Waals surface area contributed by atoms with Crippen LogP contribution < -0.4 is 10.4 Å². The molecule has 0 aliphatic carbocycles. The number of piperidine rings is 1. The summed E-state index contributed by atoms with van der Waals surface area (Å²) >= 11 is 5.83. The van der Waals surface area contributed by atoms with Crippen molar-refractivity contribution in [2.75, 3.05) is 23.9 Å². The van der Waals surface area contributed by atoms with Gasteiger partial charge in [-0.2, -0.15) is 0 Å². The van der Waals surface area contributed by atoms with Crippen LogP contribution in [0.4, 0.5) is 5.95 Å². The van der Waals surface area contributed by atoms with Crippen molar-refractivity contribution in [1.82, 2.24) is 14.9 Å². The minimum Gasteiger partial charge on any atom is -0.399 e. The van der Waals surface area contributed by atoms with Crippen LogP contribution in [0.25, 0.3) is 0 Å². The van der Waals surface area contributed by atoms with Crippen LogP contribution in [-0.4, -0.2) is 70.1 Å². The quantitative estimate of drug-likeness (QED) is 0.504. The van der Waals surface area contributed by atoms with Crippen LogP contribution in [0.2, 0.25) is 0 Å². The Labute approximate surface area is 185 Å². The van der Waals surface area contributed by atoms with E-state index in [1.165, 1.54) is 0 Å². The summed E-state index contributed by atoms with van der Waals surface area (Å²) in [7, 11) is -0.480. The predicted molar refractivity (Wildman–Crippen MR) is 120 cm³/mol. The van der Waals surface area contributed by atoms with Crippen molar-refractivity contribution in [3.05, 3.63) is 12.4 Å². The number of amides is 1. The molecule has 7 nitrogen and oxygen atoms in total. The molecule has 1 atom stereocenters. The maximum Gasteiger partial charge on any atom is 0.498 e. The van der Waals surface area contributed by atoms with Crippen LogP contribution in [0.1, 0.15) is 60.8 Å². The van der Waals surface area contributed by atoms with Gasteiger partial charge >= 0.3 is 7.12 Å². The fourth-order valence-corrected chi connectivity index (χ4v) is 4.08. The molecule has 0 bridgehead atoms. The average Bonchev–Trinajstić information content (AvgIpc) is 2.93. The largest absolute Gasteiger partial charge is 0.498 e. The SMILES string of the molecule is CC(C)N(C[C@@H]1CCCCN1C(=O)CCl)c1ncc(B2OC(C)(C)C(C)(C)O2)cn1. The molecule has 3 heterocycles. The summed E-state index contributed by atoms with van der Waals surface area (Å²) in [4.78, 5) is 25.6. The maximum atomic E-state index is 12.3. The van der Waals surface area contributed by atoms with Gasteiger partial charge in [-0.3, -0.25) is 4.79 Å². The lowest BCUT2D eigenvalue weighted by atomic mass is 9.81. The zero-order valence-electron chi connectivity index (χ0n) is 19.0. The fraction of sp³-hybridized carbons (Fsp3) is 0.762. The van der Waals surface area contributed by atoms with E-state index in [-0.39, 0.29) is 23.9 Å². The van der Waals surface area contributed by atoms with Gasteiger partial charge in [0.05, 0.1) is 11.2 Å². The van der Waals surface area contributed by atoms with Crippen LogP contribution in [0.15, 0.2) is 12.4 Å². The van der Waals surface area contributed by atoms with Crippen molar-refractivity contribution in [2.45, 2.75) is 84.1 Å². The summed E-state index contributed by atoms with van der Waals surface area (Å²) in [5, 5.41) is 0. The van der Waals surface area contributed by atoms with Gasteiger partial charge in [-0.25, -0.2) is 9.97 Å². The van der Waals surface area contributed by atoms with Crippen molar-refractivity contribution in [3.63, 3.8) is 0 Å². The Morgan fingerprint density at radius 3 is 2.37 bits per heavy atom.